The molecule has 2 aromatic heterocycles. The van der Waals surface area contributed by atoms with Crippen LogP contribution in [-0.4, -0.2) is 51.1 Å². The van der Waals surface area contributed by atoms with Crippen LogP contribution in [0.4, 0.5) is 5.82 Å². The number of piperidine rings is 1. The maximum Gasteiger partial charge on any atom is 0.319 e. The summed E-state index contributed by atoms with van der Waals surface area (Å²) in [6.07, 6.45) is 10.4. The highest BCUT2D eigenvalue weighted by Gasteiger charge is 2.57. The molecule has 0 spiro atoms. The van der Waals surface area contributed by atoms with E-state index in [1.54, 1.807) is 6.33 Å². The number of carbonyl (C=O) groups is 1. The third kappa shape index (κ3) is 3.83. The zero-order valence-corrected chi connectivity index (χ0v) is 20.3. The van der Waals surface area contributed by atoms with E-state index < -0.39 is 0 Å². The van der Waals surface area contributed by atoms with E-state index in [1.807, 2.05) is 12.3 Å². The minimum Gasteiger partial charge on any atom is -0.463 e. The lowest BCUT2D eigenvalue weighted by Gasteiger charge is -2.61. The molecule has 1 saturated heterocycles. The number of carbonyl (C=O) groups excluding carboxylic acids is 1. The van der Waals surface area contributed by atoms with Crippen LogP contribution < -0.4 is 9.64 Å². The van der Waals surface area contributed by atoms with Gasteiger partial charge >= 0.3 is 6.01 Å². The van der Waals surface area contributed by atoms with Crippen molar-refractivity contribution in [1.82, 2.24) is 19.9 Å². The maximum absolute atomic E-state index is 13.2. The van der Waals surface area contributed by atoms with Crippen LogP contribution in [0.2, 0.25) is 0 Å². The number of ether oxygens (including phenoxy) is 1. The Balaban J connectivity index is 1.07. The lowest BCUT2D eigenvalue weighted by atomic mass is 9.43. The average Bonchev–Trinajstić information content (AvgIpc) is 3.51. The Kier molecular flexibility index (Phi) is 5.05. The second-order valence-electron chi connectivity index (χ2n) is 11.4. The first-order valence-corrected chi connectivity index (χ1v) is 13.1. The summed E-state index contributed by atoms with van der Waals surface area (Å²) in [6, 6.07) is 4.40. The van der Waals surface area contributed by atoms with Gasteiger partial charge in [-0.3, -0.25) is 9.79 Å². The van der Waals surface area contributed by atoms with Gasteiger partial charge in [0.25, 0.3) is 0 Å². The summed E-state index contributed by atoms with van der Waals surface area (Å²) in [5.41, 5.74) is 3.91. The number of nitriles is 1. The SMILES string of the molecule is N#C[C@@H]1C[C@@H]1COc1nc(C(=O)CC23CC(C2)C3)cc(N2CCC(C3=NCc4ncncc43)CC2)n1. The number of rotatable bonds is 8. The molecule has 9 heteroatoms. The van der Waals surface area contributed by atoms with E-state index >= 15 is 0 Å². The molecule has 4 aliphatic carbocycles. The molecule has 8 rings (SSSR count). The van der Waals surface area contributed by atoms with Gasteiger partial charge in [-0.25, -0.2) is 9.97 Å². The van der Waals surface area contributed by atoms with Crippen molar-refractivity contribution >= 4 is 17.3 Å². The molecule has 0 amide bonds. The second-order valence-corrected chi connectivity index (χ2v) is 11.4. The molecular formula is C27H29N7O2. The van der Waals surface area contributed by atoms with Gasteiger partial charge in [0, 0.05) is 54.9 Å². The quantitative estimate of drug-likeness (QED) is 0.525. The molecule has 2 aromatic rings. The number of hydrogen-bond donors (Lipinski definition) is 0. The zero-order valence-electron chi connectivity index (χ0n) is 20.3. The Hall–Kier alpha value is -3.41. The highest BCUT2D eigenvalue weighted by molar-refractivity contribution is 6.04. The highest BCUT2D eigenvalue weighted by Crippen LogP contribution is 2.66. The average molecular weight is 484 g/mol. The molecule has 6 aliphatic rings. The molecule has 5 fully saturated rings. The van der Waals surface area contributed by atoms with E-state index in [0.29, 0.717) is 31.2 Å². The van der Waals surface area contributed by atoms with Crippen molar-refractivity contribution in [2.24, 2.45) is 34.1 Å². The second kappa shape index (κ2) is 8.32. The normalized spacial score (nSPS) is 29.9. The van der Waals surface area contributed by atoms with Crippen molar-refractivity contribution in [3.63, 3.8) is 0 Å². The minimum atomic E-state index is 0.0617. The molecular weight excluding hydrogens is 454 g/mol. The van der Waals surface area contributed by atoms with E-state index in [9.17, 15) is 4.79 Å². The van der Waals surface area contributed by atoms with Crippen LogP contribution in [-0.2, 0) is 6.54 Å². The Morgan fingerprint density at radius 1 is 1.22 bits per heavy atom. The van der Waals surface area contributed by atoms with Crippen LogP contribution in [0.5, 0.6) is 6.01 Å². The lowest BCUT2D eigenvalue weighted by Crippen LogP contribution is -2.52. The third-order valence-corrected chi connectivity index (χ3v) is 8.87. The van der Waals surface area contributed by atoms with Crippen LogP contribution in [0.15, 0.2) is 23.6 Å². The number of hydrogen-bond acceptors (Lipinski definition) is 9. The van der Waals surface area contributed by atoms with E-state index in [-0.39, 0.29) is 29.0 Å². The fourth-order valence-corrected chi connectivity index (χ4v) is 6.53. The van der Waals surface area contributed by atoms with Crippen molar-refractivity contribution in [1.29, 1.82) is 5.26 Å². The van der Waals surface area contributed by atoms with Gasteiger partial charge in [-0.05, 0) is 49.9 Å². The number of fused-ring (bicyclic) bond motifs is 1. The van der Waals surface area contributed by atoms with Gasteiger partial charge in [0.1, 0.15) is 17.8 Å². The molecule has 9 nitrogen and oxygen atoms in total. The van der Waals surface area contributed by atoms with Crippen molar-refractivity contribution in [2.75, 3.05) is 24.6 Å². The van der Waals surface area contributed by atoms with Gasteiger partial charge in [-0.15, -0.1) is 0 Å². The monoisotopic (exact) mass is 483 g/mol. The Bertz CT molecular complexity index is 1280. The standard InChI is InChI=1S/C27H29N7O2/c28-11-18-5-19(18)14-36-26-32-21(23(35)10-27-7-16(8-27)9-27)6-24(33-26)34-3-1-17(2-4-34)25-20-12-29-15-31-22(20)13-30-25/h6,12,15-19H,1-5,7-10,13-14H2/t16?,18-,19+,27?/m0/s1. The van der Waals surface area contributed by atoms with Crippen LogP contribution in [0.1, 0.15) is 66.7 Å². The number of ketones is 1. The highest BCUT2D eigenvalue weighted by atomic mass is 16.5. The molecule has 0 aromatic carbocycles. The first-order valence-electron chi connectivity index (χ1n) is 13.1. The van der Waals surface area contributed by atoms with Crippen LogP contribution in [0.25, 0.3) is 0 Å². The van der Waals surface area contributed by atoms with E-state index in [0.717, 1.165) is 61.1 Å². The molecule has 184 valence electrons. The first-order chi connectivity index (χ1) is 17.6. The molecule has 0 N–H and O–H groups in total. The molecule has 0 radical (unpaired) electrons. The largest absolute Gasteiger partial charge is 0.463 e. The first kappa shape index (κ1) is 21.8. The summed E-state index contributed by atoms with van der Waals surface area (Å²) in [5, 5.41) is 9.10. The fraction of sp³-hybridized carbons (Fsp3) is 0.593. The number of anilines is 1. The Morgan fingerprint density at radius 2 is 2.06 bits per heavy atom. The number of aliphatic imine (C=N–C) groups is 1. The predicted octanol–water partition coefficient (Wildman–Crippen LogP) is 3.40. The van der Waals surface area contributed by atoms with Gasteiger partial charge < -0.3 is 9.64 Å². The van der Waals surface area contributed by atoms with Gasteiger partial charge in [-0.1, -0.05) is 0 Å². The molecule has 0 unspecified atom stereocenters. The summed E-state index contributed by atoms with van der Waals surface area (Å²) in [6.45, 7) is 2.70. The zero-order chi connectivity index (χ0) is 24.3. The molecule has 2 atom stereocenters. The van der Waals surface area contributed by atoms with Crippen molar-refractivity contribution in [3.8, 4) is 12.1 Å². The van der Waals surface area contributed by atoms with Crippen LogP contribution in [0.3, 0.4) is 0 Å². The molecule has 4 heterocycles. The molecule has 2 aliphatic heterocycles. The third-order valence-electron chi connectivity index (χ3n) is 8.87. The summed E-state index contributed by atoms with van der Waals surface area (Å²) in [4.78, 5) is 38.0. The van der Waals surface area contributed by atoms with Crippen LogP contribution in [0, 0.1) is 40.4 Å². The summed E-state index contributed by atoms with van der Waals surface area (Å²) < 4.78 is 5.92. The number of nitrogens with zero attached hydrogens (tertiary/aromatic N) is 7. The summed E-state index contributed by atoms with van der Waals surface area (Å²) >= 11 is 0. The van der Waals surface area contributed by atoms with Gasteiger partial charge in [0.15, 0.2) is 5.78 Å². The van der Waals surface area contributed by atoms with Gasteiger partial charge in [0.05, 0.1) is 30.8 Å². The van der Waals surface area contributed by atoms with E-state index in [4.69, 9.17) is 20.0 Å². The topological polar surface area (TPSA) is 117 Å². The van der Waals surface area contributed by atoms with E-state index in [2.05, 4.69) is 25.9 Å². The smallest absolute Gasteiger partial charge is 0.319 e. The van der Waals surface area contributed by atoms with Crippen molar-refractivity contribution in [2.45, 2.75) is 51.5 Å². The van der Waals surface area contributed by atoms with Gasteiger partial charge in [0.2, 0.25) is 0 Å². The fourth-order valence-electron chi connectivity index (χ4n) is 6.53. The van der Waals surface area contributed by atoms with Crippen LogP contribution >= 0.6 is 0 Å². The minimum absolute atomic E-state index is 0.0617. The molecule has 2 bridgehead atoms. The Morgan fingerprint density at radius 3 is 2.78 bits per heavy atom. The number of aromatic nitrogens is 4. The Labute approximate surface area is 210 Å². The molecule has 36 heavy (non-hydrogen) atoms. The predicted molar refractivity (Wildman–Crippen MR) is 131 cm³/mol. The van der Waals surface area contributed by atoms with E-state index in [1.165, 1.54) is 19.3 Å². The van der Waals surface area contributed by atoms with Crippen molar-refractivity contribution in [3.05, 3.63) is 35.5 Å². The van der Waals surface area contributed by atoms with Gasteiger partial charge in [-0.2, -0.15) is 15.2 Å². The molecule has 4 saturated carbocycles. The lowest BCUT2D eigenvalue weighted by molar-refractivity contribution is -0.103. The summed E-state index contributed by atoms with van der Waals surface area (Å²) in [5.74, 6) is 2.35. The van der Waals surface area contributed by atoms with Crippen molar-refractivity contribution < 1.29 is 9.53 Å². The summed E-state index contributed by atoms with van der Waals surface area (Å²) in [7, 11) is 0. The number of Topliss-reactive ketones (excluding diaryl/α,β-unsaturated/α-hetero) is 1. The maximum atomic E-state index is 13.2.